The third-order valence-electron chi connectivity index (χ3n) is 13.2. The van der Waals surface area contributed by atoms with Crippen molar-refractivity contribution in [3.63, 3.8) is 0 Å². The first kappa shape index (κ1) is 67.8. The molecule has 6 nitrogen and oxygen atoms in total. The Labute approximate surface area is 440 Å². The molecule has 0 aromatic carbocycles. The van der Waals surface area contributed by atoms with E-state index in [1.807, 2.05) is 6.08 Å². The monoisotopic (exact) mass is 991 g/mol. The Balaban J connectivity index is 4.45. The minimum Gasteiger partial charge on any atom is -0.462 e. The first-order chi connectivity index (χ1) is 35.0. The van der Waals surface area contributed by atoms with E-state index in [-0.39, 0.29) is 37.5 Å². The van der Waals surface area contributed by atoms with Crippen molar-refractivity contribution in [2.45, 2.75) is 309 Å². The molecule has 0 aliphatic heterocycles. The maximum atomic E-state index is 12.9. The van der Waals surface area contributed by atoms with Gasteiger partial charge in [-0.3, -0.25) is 14.4 Å². The summed E-state index contributed by atoms with van der Waals surface area (Å²) in [5, 5.41) is 0. The zero-order valence-corrected chi connectivity index (χ0v) is 47.0. The lowest BCUT2D eigenvalue weighted by atomic mass is 10.0. The van der Waals surface area contributed by atoms with E-state index >= 15 is 0 Å². The zero-order valence-electron chi connectivity index (χ0n) is 47.0. The molecule has 410 valence electrons. The van der Waals surface area contributed by atoms with Crippen molar-refractivity contribution >= 4 is 17.9 Å². The fourth-order valence-electron chi connectivity index (χ4n) is 8.71. The number of ether oxygens (including phenoxy) is 3. The molecule has 0 saturated carbocycles. The van der Waals surface area contributed by atoms with E-state index in [4.69, 9.17) is 14.2 Å². The standard InChI is InChI=1S/C65H114O6/c1-4-7-10-13-16-19-22-25-28-31-33-35-37-40-43-46-49-52-55-58-64(67)70-61-62(60-69-63(66)57-54-51-48-45-42-39-36-30-27-24-21-18-15-12-9-6-3)71-65(68)59-56-53-50-47-44-41-38-34-32-29-26-23-20-17-14-11-8-5-2/h7,10,16,19,25,28,33,35,40,43,49,52,62H,4-6,8-9,11-15,17-18,20-24,26-27,29-32,34,36-39,41-42,44-48,50-51,53-61H2,1-3H3/b10-7+,19-16+,28-25+,35-33+,43-40+,52-49+/t62-/m1/s1. The molecule has 71 heavy (non-hydrogen) atoms. The van der Waals surface area contributed by atoms with Gasteiger partial charge in [-0.2, -0.15) is 0 Å². The number of carbonyl (C=O) groups is 3. The number of carbonyl (C=O) groups excluding carboxylic acids is 3. The molecule has 0 aliphatic rings. The quantitative estimate of drug-likeness (QED) is 0.0261. The lowest BCUT2D eigenvalue weighted by Crippen LogP contribution is -2.30. The first-order valence-corrected chi connectivity index (χ1v) is 30.4. The number of hydrogen-bond acceptors (Lipinski definition) is 6. The van der Waals surface area contributed by atoms with Gasteiger partial charge < -0.3 is 14.2 Å². The van der Waals surface area contributed by atoms with E-state index in [2.05, 4.69) is 87.6 Å². The highest BCUT2D eigenvalue weighted by atomic mass is 16.6. The predicted molar refractivity (Wildman–Crippen MR) is 307 cm³/mol. The van der Waals surface area contributed by atoms with Crippen LogP contribution in [0.15, 0.2) is 72.9 Å². The van der Waals surface area contributed by atoms with Crippen LogP contribution in [0, 0.1) is 0 Å². The van der Waals surface area contributed by atoms with Crippen molar-refractivity contribution in [2.24, 2.45) is 0 Å². The van der Waals surface area contributed by atoms with Crippen LogP contribution in [0.2, 0.25) is 0 Å². The molecule has 0 saturated heterocycles. The SMILES string of the molecule is CC/C=C/C/C=C/C/C=C/C/C=C/C/C=C/C/C=C/CCC(=O)OC[C@@H](COC(=O)CCCCCCCCCCCCCCCCCC)OC(=O)CCCCCCCCCCCCCCCCCCCC. The van der Waals surface area contributed by atoms with Crippen LogP contribution >= 0.6 is 0 Å². The van der Waals surface area contributed by atoms with Crippen LogP contribution < -0.4 is 0 Å². The van der Waals surface area contributed by atoms with Gasteiger partial charge in [0.15, 0.2) is 6.10 Å². The fraction of sp³-hybridized carbons (Fsp3) is 0.769. The Morgan fingerprint density at radius 1 is 0.296 bits per heavy atom. The molecule has 0 aromatic rings. The van der Waals surface area contributed by atoms with Crippen LogP contribution in [-0.4, -0.2) is 37.2 Å². The van der Waals surface area contributed by atoms with Crippen molar-refractivity contribution in [3.8, 4) is 0 Å². The van der Waals surface area contributed by atoms with Crippen molar-refractivity contribution in [1.29, 1.82) is 0 Å². The summed E-state index contributed by atoms with van der Waals surface area (Å²) < 4.78 is 16.8. The molecule has 0 fully saturated rings. The Hall–Kier alpha value is -3.15. The molecule has 0 unspecified atom stereocenters. The smallest absolute Gasteiger partial charge is 0.306 e. The maximum Gasteiger partial charge on any atom is 0.306 e. The molecule has 0 bridgehead atoms. The summed E-state index contributed by atoms with van der Waals surface area (Å²) >= 11 is 0. The van der Waals surface area contributed by atoms with Gasteiger partial charge in [-0.05, 0) is 57.8 Å². The maximum absolute atomic E-state index is 12.9. The highest BCUT2D eigenvalue weighted by Gasteiger charge is 2.19. The van der Waals surface area contributed by atoms with Crippen molar-refractivity contribution in [2.75, 3.05) is 13.2 Å². The third kappa shape index (κ3) is 57.6. The van der Waals surface area contributed by atoms with E-state index in [0.717, 1.165) is 77.0 Å². The average Bonchev–Trinajstić information content (AvgIpc) is 3.37. The van der Waals surface area contributed by atoms with E-state index < -0.39 is 6.10 Å². The second-order valence-electron chi connectivity index (χ2n) is 20.2. The molecule has 0 aliphatic carbocycles. The number of hydrogen-bond donors (Lipinski definition) is 0. The number of rotatable bonds is 55. The van der Waals surface area contributed by atoms with Crippen LogP contribution in [0.25, 0.3) is 0 Å². The number of allylic oxidation sites excluding steroid dienone is 12. The van der Waals surface area contributed by atoms with Gasteiger partial charge in [0.2, 0.25) is 0 Å². The summed E-state index contributed by atoms with van der Waals surface area (Å²) in [4.78, 5) is 38.2. The Bertz CT molecular complexity index is 1320. The Kier molecular flexibility index (Phi) is 56.8. The Morgan fingerprint density at radius 2 is 0.549 bits per heavy atom. The molecular formula is C65H114O6. The normalized spacial score (nSPS) is 12.5. The van der Waals surface area contributed by atoms with Gasteiger partial charge in [-0.1, -0.05) is 299 Å². The molecule has 6 heteroatoms. The summed E-state index contributed by atoms with van der Waals surface area (Å²) in [6.07, 6.45) is 76.2. The lowest BCUT2D eigenvalue weighted by Gasteiger charge is -2.18. The molecule has 0 N–H and O–H groups in total. The molecule has 0 radical (unpaired) electrons. The predicted octanol–water partition coefficient (Wildman–Crippen LogP) is 20.5. The van der Waals surface area contributed by atoms with E-state index in [9.17, 15) is 14.4 Å². The Morgan fingerprint density at radius 3 is 0.859 bits per heavy atom. The summed E-state index contributed by atoms with van der Waals surface area (Å²) in [5.74, 6) is -0.966. The second kappa shape index (κ2) is 59.4. The van der Waals surface area contributed by atoms with Gasteiger partial charge in [0.25, 0.3) is 0 Å². The van der Waals surface area contributed by atoms with Gasteiger partial charge in [0.1, 0.15) is 13.2 Å². The third-order valence-corrected chi connectivity index (χ3v) is 13.2. The van der Waals surface area contributed by atoms with Crippen molar-refractivity contribution < 1.29 is 28.6 Å². The topological polar surface area (TPSA) is 78.9 Å². The summed E-state index contributed by atoms with van der Waals surface area (Å²) in [7, 11) is 0. The number of unbranched alkanes of at least 4 members (excludes halogenated alkanes) is 32. The van der Waals surface area contributed by atoms with E-state index in [1.54, 1.807) is 0 Å². The number of esters is 3. The van der Waals surface area contributed by atoms with Crippen LogP contribution in [0.1, 0.15) is 303 Å². The highest BCUT2D eigenvalue weighted by Crippen LogP contribution is 2.17. The molecule has 1 atom stereocenters. The molecule has 0 rings (SSSR count). The van der Waals surface area contributed by atoms with Gasteiger partial charge in [0.05, 0.1) is 0 Å². The van der Waals surface area contributed by atoms with Crippen molar-refractivity contribution in [3.05, 3.63) is 72.9 Å². The summed E-state index contributed by atoms with van der Waals surface area (Å²) in [5.41, 5.74) is 0. The molecule has 0 spiro atoms. The highest BCUT2D eigenvalue weighted by molar-refractivity contribution is 5.71. The minimum absolute atomic E-state index is 0.0943. The van der Waals surface area contributed by atoms with Gasteiger partial charge >= 0.3 is 17.9 Å². The first-order valence-electron chi connectivity index (χ1n) is 30.4. The van der Waals surface area contributed by atoms with Crippen LogP contribution in [-0.2, 0) is 28.6 Å². The van der Waals surface area contributed by atoms with Gasteiger partial charge in [0, 0.05) is 19.3 Å². The van der Waals surface area contributed by atoms with Crippen LogP contribution in [0.5, 0.6) is 0 Å². The molecule has 0 amide bonds. The van der Waals surface area contributed by atoms with Crippen LogP contribution in [0.3, 0.4) is 0 Å². The molecule has 0 aromatic heterocycles. The molecular weight excluding hydrogens is 877 g/mol. The molecule has 0 heterocycles. The van der Waals surface area contributed by atoms with Gasteiger partial charge in [-0.15, -0.1) is 0 Å². The van der Waals surface area contributed by atoms with E-state index in [0.29, 0.717) is 19.3 Å². The zero-order chi connectivity index (χ0) is 51.4. The van der Waals surface area contributed by atoms with Crippen molar-refractivity contribution in [1.82, 2.24) is 0 Å². The minimum atomic E-state index is -0.803. The second-order valence-corrected chi connectivity index (χ2v) is 20.2. The summed E-state index contributed by atoms with van der Waals surface area (Å²) in [6, 6.07) is 0. The summed E-state index contributed by atoms with van der Waals surface area (Å²) in [6.45, 7) is 6.51. The fourth-order valence-corrected chi connectivity index (χ4v) is 8.71. The lowest BCUT2D eigenvalue weighted by molar-refractivity contribution is -0.166. The average molecular weight is 992 g/mol. The van der Waals surface area contributed by atoms with Crippen LogP contribution in [0.4, 0.5) is 0 Å². The van der Waals surface area contributed by atoms with E-state index in [1.165, 1.54) is 180 Å². The largest absolute Gasteiger partial charge is 0.462 e. The van der Waals surface area contributed by atoms with Gasteiger partial charge in [-0.25, -0.2) is 0 Å².